The topological polar surface area (TPSA) is 197 Å². The molecule has 0 radical (unpaired) electrons. The number of hydrogen-bond donors (Lipinski definition) is 4. The zero-order chi connectivity index (χ0) is 34.5. The summed E-state index contributed by atoms with van der Waals surface area (Å²) in [6.45, 7) is 5.63. The maximum absolute atomic E-state index is 13.3. The summed E-state index contributed by atoms with van der Waals surface area (Å²) in [5.74, 6) is -0.556. The minimum Gasteiger partial charge on any atom is -0.444 e. The summed E-state index contributed by atoms with van der Waals surface area (Å²) in [7, 11) is 0. The Bertz CT molecular complexity index is 1900. The summed E-state index contributed by atoms with van der Waals surface area (Å²) in [5, 5.41) is 12.1. The Morgan fingerprint density at radius 2 is 1.62 bits per heavy atom. The lowest BCUT2D eigenvalue weighted by atomic mass is 10.1. The van der Waals surface area contributed by atoms with Gasteiger partial charge in [0.25, 0.3) is 5.91 Å². The molecule has 0 aliphatic rings. The van der Waals surface area contributed by atoms with Crippen LogP contribution >= 0.6 is 0 Å². The lowest BCUT2D eigenvalue weighted by Gasteiger charge is -2.15. The van der Waals surface area contributed by atoms with Crippen molar-refractivity contribution in [2.45, 2.75) is 40.0 Å². The Balaban J connectivity index is 1.45. The van der Waals surface area contributed by atoms with Gasteiger partial charge < -0.3 is 19.2 Å². The van der Waals surface area contributed by atoms with Gasteiger partial charge in [-0.15, -0.1) is 0 Å². The van der Waals surface area contributed by atoms with Crippen LogP contribution in [0.3, 0.4) is 0 Å². The zero-order valence-corrected chi connectivity index (χ0v) is 26.6. The van der Waals surface area contributed by atoms with Crippen molar-refractivity contribution in [3.8, 4) is 0 Å². The number of carbonyl (C=O) groups is 3. The summed E-state index contributed by atoms with van der Waals surface area (Å²) < 4.78 is 16.0. The number of aryl methyl sites for hydroxylation is 1. The molecule has 0 aliphatic heterocycles. The van der Waals surface area contributed by atoms with Gasteiger partial charge in [0.05, 0.1) is 5.69 Å². The highest BCUT2D eigenvalue weighted by molar-refractivity contribution is 5.98. The van der Waals surface area contributed by atoms with Crippen molar-refractivity contribution in [1.29, 1.82) is 5.53 Å². The first-order chi connectivity index (χ1) is 23.2. The third kappa shape index (κ3) is 9.91. The summed E-state index contributed by atoms with van der Waals surface area (Å²) in [5.41, 5.74) is 10.5. The third-order valence-electron chi connectivity index (χ3n) is 6.84. The molecule has 48 heavy (non-hydrogen) atoms. The summed E-state index contributed by atoms with van der Waals surface area (Å²) >= 11 is 0. The number of carbonyl (C=O) groups excluding carboxylic acids is 3. The highest BCUT2D eigenvalue weighted by Crippen LogP contribution is 2.22. The van der Waals surface area contributed by atoms with Gasteiger partial charge in [0, 0.05) is 65.5 Å². The second kappa shape index (κ2) is 16.9. The van der Waals surface area contributed by atoms with E-state index < -0.39 is 29.8 Å². The SMILES string of the molecule is CC=Nc1ccc(COC(=O)Nc2ccc(COC(=O)Nc3ccc4c(C)cc(=O)oc4c3)c(C(=O)NCC(C=NCC)N=N)c2)cc1. The minimum atomic E-state index is -0.820. The van der Waals surface area contributed by atoms with Gasteiger partial charge in [-0.2, -0.15) is 5.11 Å². The smallest absolute Gasteiger partial charge is 0.411 e. The van der Waals surface area contributed by atoms with E-state index in [0.717, 1.165) is 22.2 Å². The van der Waals surface area contributed by atoms with E-state index in [9.17, 15) is 19.2 Å². The molecule has 1 heterocycles. The summed E-state index contributed by atoms with van der Waals surface area (Å²) in [6.07, 6.45) is 1.59. The number of hydrogen-bond acceptors (Lipinski definition) is 11. The first kappa shape index (κ1) is 34.7. The van der Waals surface area contributed by atoms with E-state index in [-0.39, 0.29) is 31.0 Å². The van der Waals surface area contributed by atoms with Crippen LogP contribution in [0, 0.1) is 12.5 Å². The molecule has 0 spiro atoms. The van der Waals surface area contributed by atoms with Crippen molar-refractivity contribution >= 4 is 58.6 Å². The molecule has 4 rings (SSSR count). The van der Waals surface area contributed by atoms with Crippen LogP contribution in [-0.2, 0) is 22.7 Å². The van der Waals surface area contributed by atoms with Crippen LogP contribution in [0.2, 0.25) is 0 Å². The van der Waals surface area contributed by atoms with Gasteiger partial charge in [0.2, 0.25) is 0 Å². The summed E-state index contributed by atoms with van der Waals surface area (Å²) in [4.78, 5) is 58.6. The average Bonchev–Trinajstić information content (AvgIpc) is 3.07. The molecule has 4 aromatic rings. The molecule has 3 amide bonds. The molecule has 0 fully saturated rings. The van der Waals surface area contributed by atoms with Crippen molar-refractivity contribution in [2.75, 3.05) is 23.7 Å². The quantitative estimate of drug-likeness (QED) is 0.0713. The predicted molar refractivity (Wildman–Crippen MR) is 182 cm³/mol. The van der Waals surface area contributed by atoms with Gasteiger partial charge in [0.1, 0.15) is 24.8 Å². The van der Waals surface area contributed by atoms with Crippen LogP contribution in [0.15, 0.2) is 91.0 Å². The Hall–Kier alpha value is -6.18. The van der Waals surface area contributed by atoms with E-state index in [2.05, 4.69) is 31.0 Å². The third-order valence-corrected chi connectivity index (χ3v) is 6.84. The first-order valence-electron chi connectivity index (χ1n) is 15.0. The fraction of sp³-hybridized carbons (Fsp3) is 0.235. The molecule has 0 aliphatic carbocycles. The molecule has 3 aromatic carbocycles. The van der Waals surface area contributed by atoms with Crippen LogP contribution in [0.5, 0.6) is 0 Å². The number of nitrogens with one attached hydrogen (secondary N) is 4. The molecule has 0 saturated carbocycles. The molecule has 0 bridgehead atoms. The number of benzene rings is 3. The van der Waals surface area contributed by atoms with Gasteiger partial charge in [0.15, 0.2) is 0 Å². The van der Waals surface area contributed by atoms with E-state index >= 15 is 0 Å². The van der Waals surface area contributed by atoms with Crippen molar-refractivity contribution in [1.82, 2.24) is 5.32 Å². The molecule has 14 heteroatoms. The second-order valence-electron chi connectivity index (χ2n) is 10.3. The highest BCUT2D eigenvalue weighted by Gasteiger charge is 2.17. The number of fused-ring (bicyclic) bond motifs is 1. The van der Waals surface area contributed by atoms with Crippen molar-refractivity contribution in [3.63, 3.8) is 0 Å². The number of nitrogens with zero attached hydrogens (tertiary/aromatic N) is 3. The average molecular weight is 654 g/mol. The number of ether oxygens (including phenoxy) is 2. The molecule has 1 unspecified atom stereocenters. The van der Waals surface area contributed by atoms with E-state index in [0.29, 0.717) is 23.4 Å². The molecular formula is C34H35N7O7. The number of aliphatic imine (C=N–C) groups is 2. The van der Waals surface area contributed by atoms with Crippen molar-refractivity contribution in [2.24, 2.45) is 15.1 Å². The Morgan fingerprint density at radius 1 is 0.938 bits per heavy atom. The monoisotopic (exact) mass is 653 g/mol. The van der Waals surface area contributed by atoms with Gasteiger partial charge in [-0.05, 0) is 68.3 Å². The lowest BCUT2D eigenvalue weighted by molar-refractivity contribution is 0.0948. The first-order valence-corrected chi connectivity index (χ1v) is 15.0. The van der Waals surface area contributed by atoms with Crippen molar-refractivity contribution in [3.05, 3.63) is 99.4 Å². The van der Waals surface area contributed by atoms with Gasteiger partial charge in [-0.3, -0.25) is 25.4 Å². The van der Waals surface area contributed by atoms with Crippen LogP contribution in [0.4, 0.5) is 26.7 Å². The van der Waals surface area contributed by atoms with Crippen molar-refractivity contribution < 1.29 is 28.3 Å². The largest absolute Gasteiger partial charge is 0.444 e. The number of rotatable bonds is 13. The standard InChI is InChI=1S/C34H35N7O7/c1-4-36-17-27(41-35)18-38-32(43)29-15-25(39-33(44)46-19-22-6-9-24(10-7-22)37-5-2)11-8-23(29)20-47-34(45)40-26-12-13-28-21(3)14-31(42)48-30(28)16-26/h5-17,27,35H,4,18-20H2,1-3H3,(H,38,43)(H,39,44)(H,40,45). The normalized spacial score (nSPS) is 11.7. The second-order valence-corrected chi connectivity index (χ2v) is 10.3. The maximum atomic E-state index is 13.3. The Labute approximate surface area is 275 Å². The molecule has 1 atom stereocenters. The van der Waals surface area contributed by atoms with Crippen LogP contribution < -0.4 is 21.6 Å². The highest BCUT2D eigenvalue weighted by atomic mass is 16.6. The van der Waals surface area contributed by atoms with Gasteiger partial charge in [-0.1, -0.05) is 18.2 Å². The molecular weight excluding hydrogens is 618 g/mol. The molecule has 14 nitrogen and oxygen atoms in total. The Kier molecular flexibility index (Phi) is 12.2. The lowest BCUT2D eigenvalue weighted by Crippen LogP contribution is -2.32. The Morgan fingerprint density at radius 3 is 2.31 bits per heavy atom. The summed E-state index contributed by atoms with van der Waals surface area (Å²) in [6, 6.07) is 17.3. The zero-order valence-electron chi connectivity index (χ0n) is 26.6. The minimum absolute atomic E-state index is 0.00770. The van der Waals surface area contributed by atoms with Crippen LogP contribution in [0.25, 0.3) is 11.0 Å². The van der Waals surface area contributed by atoms with E-state index in [4.69, 9.17) is 19.4 Å². The van der Waals surface area contributed by atoms with E-state index in [1.54, 1.807) is 49.5 Å². The van der Waals surface area contributed by atoms with Gasteiger partial charge >= 0.3 is 17.8 Å². The number of amides is 3. The van der Waals surface area contributed by atoms with Crippen LogP contribution in [-0.4, -0.2) is 49.7 Å². The molecule has 248 valence electrons. The van der Waals surface area contributed by atoms with Gasteiger partial charge in [-0.25, -0.2) is 19.9 Å². The molecule has 4 N–H and O–H groups in total. The molecule has 0 saturated heterocycles. The van der Waals surface area contributed by atoms with Crippen LogP contribution in [0.1, 0.15) is 40.9 Å². The maximum Gasteiger partial charge on any atom is 0.411 e. The number of anilines is 2. The molecule has 1 aromatic heterocycles. The van der Waals surface area contributed by atoms with E-state index in [1.807, 2.05) is 13.8 Å². The van der Waals surface area contributed by atoms with E-state index in [1.165, 1.54) is 36.5 Å². The predicted octanol–water partition coefficient (Wildman–Crippen LogP) is 6.54. The fourth-order valence-electron chi connectivity index (χ4n) is 4.47. The fourth-order valence-corrected chi connectivity index (χ4v) is 4.47.